The fourth-order valence-electron chi connectivity index (χ4n) is 2.00. The molecule has 0 radical (unpaired) electrons. The number of non-ortho nitro benzene ring substituents is 1. The molecule has 1 aliphatic rings. The van der Waals surface area contributed by atoms with Crippen molar-refractivity contribution in [3.8, 4) is 0 Å². The smallest absolute Gasteiger partial charge is 0.270 e. The van der Waals surface area contributed by atoms with Crippen LogP contribution in [-0.4, -0.2) is 23.4 Å². The summed E-state index contributed by atoms with van der Waals surface area (Å²) in [5, 5.41) is 17.0. The molecular formula is C12H14ClN3O3. The maximum atomic E-state index is 11.0. The number of halogens is 1. The van der Waals surface area contributed by atoms with Crippen LogP contribution >= 0.6 is 11.6 Å². The molecule has 1 aromatic carbocycles. The number of carbonyl (C=O) groups is 1. The first-order valence-corrected chi connectivity index (χ1v) is 6.37. The van der Waals surface area contributed by atoms with Gasteiger partial charge in [0.25, 0.3) is 5.69 Å². The summed E-state index contributed by atoms with van der Waals surface area (Å²) in [6.07, 6.45) is 1.41. The van der Waals surface area contributed by atoms with Crippen molar-refractivity contribution in [2.75, 3.05) is 6.54 Å². The molecule has 1 saturated heterocycles. The number of benzene rings is 1. The predicted molar refractivity (Wildman–Crippen MR) is 71.0 cm³/mol. The molecule has 0 bridgehead atoms. The largest absolute Gasteiger partial charge is 0.352 e. The Bertz CT molecular complexity index is 507. The maximum absolute atomic E-state index is 11.0. The van der Waals surface area contributed by atoms with E-state index in [1.165, 1.54) is 12.1 Å². The summed E-state index contributed by atoms with van der Waals surface area (Å²) < 4.78 is 0. The molecule has 2 N–H and O–H groups in total. The molecule has 1 aliphatic heterocycles. The quantitative estimate of drug-likeness (QED) is 0.635. The summed E-state index contributed by atoms with van der Waals surface area (Å²) in [5.74, 6) is 0.0835. The minimum absolute atomic E-state index is 0.0168. The lowest BCUT2D eigenvalue weighted by Crippen LogP contribution is -2.35. The number of nitrogens with one attached hydrogen (secondary N) is 2. The number of amides is 1. The Morgan fingerprint density at radius 2 is 2.32 bits per heavy atom. The Morgan fingerprint density at radius 3 is 2.89 bits per heavy atom. The van der Waals surface area contributed by atoms with Crippen molar-refractivity contribution in [1.29, 1.82) is 0 Å². The van der Waals surface area contributed by atoms with E-state index >= 15 is 0 Å². The normalized spacial score (nSPS) is 18.4. The first-order valence-electron chi connectivity index (χ1n) is 5.99. The summed E-state index contributed by atoms with van der Waals surface area (Å²) >= 11 is 5.98. The van der Waals surface area contributed by atoms with Crippen LogP contribution in [0.25, 0.3) is 0 Å². The van der Waals surface area contributed by atoms with E-state index in [4.69, 9.17) is 11.6 Å². The Morgan fingerprint density at radius 1 is 1.53 bits per heavy atom. The van der Waals surface area contributed by atoms with Crippen LogP contribution in [0.4, 0.5) is 5.69 Å². The number of carbonyl (C=O) groups excluding carboxylic acids is 1. The standard InChI is InChI=1S/C12H14ClN3O3/c13-11-5-10(16(18)19)3-1-8(11)6-14-7-9-2-4-12(17)15-9/h1,3,5,9,14H,2,4,6-7H2,(H,15,17). The summed E-state index contributed by atoms with van der Waals surface area (Å²) in [6.45, 7) is 1.18. The molecule has 0 aliphatic carbocycles. The second-order valence-electron chi connectivity index (χ2n) is 4.47. The highest BCUT2D eigenvalue weighted by Crippen LogP contribution is 2.22. The Kier molecular flexibility index (Phi) is 4.34. The maximum Gasteiger partial charge on any atom is 0.270 e. The van der Waals surface area contributed by atoms with Gasteiger partial charge in [0.1, 0.15) is 0 Å². The molecular weight excluding hydrogens is 270 g/mol. The highest BCUT2D eigenvalue weighted by Gasteiger charge is 2.20. The van der Waals surface area contributed by atoms with Gasteiger partial charge in [0.05, 0.1) is 9.95 Å². The molecule has 102 valence electrons. The number of nitrogens with zero attached hydrogens (tertiary/aromatic N) is 1. The molecule has 0 saturated carbocycles. The average Bonchev–Trinajstić information content (AvgIpc) is 2.77. The van der Waals surface area contributed by atoms with Gasteiger partial charge in [0.15, 0.2) is 0 Å². The monoisotopic (exact) mass is 283 g/mol. The van der Waals surface area contributed by atoms with Gasteiger partial charge in [-0.05, 0) is 18.1 Å². The first-order chi connectivity index (χ1) is 9.06. The summed E-state index contributed by atoms with van der Waals surface area (Å²) in [6, 6.07) is 4.57. The van der Waals surface area contributed by atoms with E-state index in [1.807, 2.05) is 0 Å². The van der Waals surface area contributed by atoms with E-state index in [-0.39, 0.29) is 17.6 Å². The van der Waals surface area contributed by atoms with E-state index in [1.54, 1.807) is 6.07 Å². The third-order valence-corrected chi connectivity index (χ3v) is 3.39. The molecule has 0 spiro atoms. The third kappa shape index (κ3) is 3.65. The highest BCUT2D eigenvalue weighted by molar-refractivity contribution is 6.31. The van der Waals surface area contributed by atoms with E-state index in [2.05, 4.69) is 10.6 Å². The minimum atomic E-state index is -0.475. The number of rotatable bonds is 5. The first kappa shape index (κ1) is 13.8. The Hall–Kier alpha value is -1.66. The van der Waals surface area contributed by atoms with E-state index in [0.29, 0.717) is 24.5 Å². The fraction of sp³-hybridized carbons (Fsp3) is 0.417. The molecule has 1 atom stereocenters. The minimum Gasteiger partial charge on any atom is -0.352 e. The van der Waals surface area contributed by atoms with Gasteiger partial charge in [-0.3, -0.25) is 14.9 Å². The van der Waals surface area contributed by atoms with E-state index < -0.39 is 4.92 Å². The van der Waals surface area contributed by atoms with Crippen LogP contribution in [0.15, 0.2) is 18.2 Å². The zero-order valence-electron chi connectivity index (χ0n) is 10.2. The SMILES string of the molecule is O=C1CCC(CNCc2ccc([N+](=O)[O-])cc2Cl)N1. The van der Waals surface area contributed by atoms with Crippen LogP contribution in [0, 0.1) is 10.1 Å². The van der Waals surface area contributed by atoms with E-state index in [9.17, 15) is 14.9 Å². The van der Waals surface area contributed by atoms with Crippen LogP contribution in [-0.2, 0) is 11.3 Å². The summed E-state index contributed by atoms with van der Waals surface area (Å²) in [5.41, 5.74) is 0.786. The molecule has 1 amide bonds. The average molecular weight is 284 g/mol. The third-order valence-electron chi connectivity index (χ3n) is 3.04. The van der Waals surface area contributed by atoms with Gasteiger partial charge in [-0.15, -0.1) is 0 Å². The summed E-state index contributed by atoms with van der Waals surface area (Å²) in [4.78, 5) is 21.1. The van der Waals surface area contributed by atoms with Crippen molar-refractivity contribution in [1.82, 2.24) is 10.6 Å². The van der Waals surface area contributed by atoms with Crippen LogP contribution in [0.5, 0.6) is 0 Å². The van der Waals surface area contributed by atoms with Gasteiger partial charge in [0.2, 0.25) is 5.91 Å². The van der Waals surface area contributed by atoms with Crippen molar-refractivity contribution in [2.24, 2.45) is 0 Å². The van der Waals surface area contributed by atoms with Crippen LogP contribution < -0.4 is 10.6 Å². The lowest BCUT2D eigenvalue weighted by atomic mass is 10.2. The lowest BCUT2D eigenvalue weighted by molar-refractivity contribution is -0.384. The van der Waals surface area contributed by atoms with Gasteiger partial charge >= 0.3 is 0 Å². The number of hydrogen-bond acceptors (Lipinski definition) is 4. The Labute approximate surface area is 115 Å². The van der Waals surface area contributed by atoms with Gasteiger partial charge < -0.3 is 10.6 Å². The van der Waals surface area contributed by atoms with Crippen LogP contribution in [0.3, 0.4) is 0 Å². The molecule has 0 aromatic heterocycles. The highest BCUT2D eigenvalue weighted by atomic mass is 35.5. The van der Waals surface area contributed by atoms with Gasteiger partial charge in [-0.2, -0.15) is 0 Å². The van der Waals surface area contributed by atoms with Crippen LogP contribution in [0.1, 0.15) is 18.4 Å². The predicted octanol–water partition coefficient (Wildman–Crippen LogP) is 1.62. The molecule has 2 rings (SSSR count). The molecule has 6 nitrogen and oxygen atoms in total. The Balaban J connectivity index is 1.86. The van der Waals surface area contributed by atoms with Crippen molar-refractivity contribution >= 4 is 23.2 Å². The zero-order chi connectivity index (χ0) is 13.8. The summed E-state index contributed by atoms with van der Waals surface area (Å²) in [7, 11) is 0. The molecule has 7 heteroatoms. The van der Waals surface area contributed by atoms with Gasteiger partial charge in [-0.1, -0.05) is 11.6 Å². The molecule has 1 aromatic rings. The number of hydrogen-bond donors (Lipinski definition) is 2. The number of nitro groups is 1. The van der Waals surface area contributed by atoms with Crippen molar-refractivity contribution < 1.29 is 9.72 Å². The zero-order valence-corrected chi connectivity index (χ0v) is 10.9. The number of nitro benzene ring substituents is 1. The lowest BCUT2D eigenvalue weighted by Gasteiger charge is -2.11. The molecule has 1 fully saturated rings. The van der Waals surface area contributed by atoms with Crippen molar-refractivity contribution in [3.05, 3.63) is 38.9 Å². The van der Waals surface area contributed by atoms with Gasteiger partial charge in [-0.25, -0.2) is 0 Å². The topological polar surface area (TPSA) is 84.3 Å². The van der Waals surface area contributed by atoms with E-state index in [0.717, 1.165) is 12.0 Å². The van der Waals surface area contributed by atoms with Crippen molar-refractivity contribution in [3.63, 3.8) is 0 Å². The van der Waals surface area contributed by atoms with Crippen molar-refractivity contribution in [2.45, 2.75) is 25.4 Å². The second-order valence-corrected chi connectivity index (χ2v) is 4.87. The molecule has 1 unspecified atom stereocenters. The van der Waals surface area contributed by atoms with Gasteiger partial charge in [0, 0.05) is 37.7 Å². The molecule has 1 heterocycles. The molecule has 19 heavy (non-hydrogen) atoms. The second kappa shape index (κ2) is 5.99. The fourth-order valence-corrected chi connectivity index (χ4v) is 2.25. The van der Waals surface area contributed by atoms with Crippen LogP contribution in [0.2, 0.25) is 5.02 Å².